The summed E-state index contributed by atoms with van der Waals surface area (Å²) >= 11 is 5.93. The second-order valence-electron chi connectivity index (χ2n) is 5.72. The highest BCUT2D eigenvalue weighted by Crippen LogP contribution is 2.16. The van der Waals surface area contributed by atoms with Crippen molar-refractivity contribution in [3.05, 3.63) is 94.5 Å². The normalized spacial score (nSPS) is 10.8. The molecule has 0 saturated carbocycles. The van der Waals surface area contributed by atoms with Crippen molar-refractivity contribution in [1.82, 2.24) is 0 Å². The van der Waals surface area contributed by atoms with Gasteiger partial charge >= 0.3 is 0 Å². The first kappa shape index (κ1) is 17.1. The first-order valence-corrected chi connectivity index (χ1v) is 8.40. The minimum Gasteiger partial charge on any atom is -0.489 e. The number of hydrogen-bond acceptors (Lipinski definition) is 3. The van der Waals surface area contributed by atoms with E-state index >= 15 is 0 Å². The standard InChI is InChI=1S/C21H19ClN2O/c1-16-5-7-18(8-6-16)15-25-21-11-9-17(10-12-21)14-23-24-20-4-2-3-19(22)13-20/h2-14,24H,15H2,1H3/b23-14-. The zero-order valence-electron chi connectivity index (χ0n) is 13.9. The third kappa shape index (κ3) is 5.37. The third-order valence-electron chi connectivity index (χ3n) is 3.64. The average Bonchev–Trinajstić information content (AvgIpc) is 2.62. The summed E-state index contributed by atoms with van der Waals surface area (Å²) in [5, 5.41) is 4.89. The van der Waals surface area contributed by atoms with E-state index in [-0.39, 0.29) is 0 Å². The number of hydrazone groups is 1. The van der Waals surface area contributed by atoms with E-state index in [1.165, 1.54) is 5.56 Å². The van der Waals surface area contributed by atoms with Crippen LogP contribution in [0.4, 0.5) is 5.69 Å². The molecule has 0 radical (unpaired) electrons. The molecule has 3 aromatic rings. The molecule has 4 heteroatoms. The van der Waals surface area contributed by atoms with Crippen LogP contribution in [0.2, 0.25) is 5.02 Å². The van der Waals surface area contributed by atoms with Gasteiger partial charge in [0.1, 0.15) is 12.4 Å². The second-order valence-corrected chi connectivity index (χ2v) is 6.16. The predicted molar refractivity (Wildman–Crippen MR) is 105 cm³/mol. The van der Waals surface area contributed by atoms with Crippen molar-refractivity contribution in [2.45, 2.75) is 13.5 Å². The van der Waals surface area contributed by atoms with Crippen LogP contribution in [0.1, 0.15) is 16.7 Å². The first-order valence-electron chi connectivity index (χ1n) is 8.02. The van der Waals surface area contributed by atoms with Crippen molar-refractivity contribution in [3.8, 4) is 5.75 Å². The van der Waals surface area contributed by atoms with Gasteiger partial charge in [0, 0.05) is 5.02 Å². The lowest BCUT2D eigenvalue weighted by Crippen LogP contribution is -1.95. The third-order valence-corrected chi connectivity index (χ3v) is 3.87. The number of anilines is 1. The Morgan fingerprint density at radius 1 is 1.00 bits per heavy atom. The van der Waals surface area contributed by atoms with Crippen LogP contribution >= 0.6 is 11.6 Å². The first-order chi connectivity index (χ1) is 12.2. The quantitative estimate of drug-likeness (QED) is 0.458. The summed E-state index contributed by atoms with van der Waals surface area (Å²) in [6.45, 7) is 2.64. The molecule has 0 atom stereocenters. The lowest BCUT2D eigenvalue weighted by molar-refractivity contribution is 0.306. The van der Waals surface area contributed by atoms with E-state index in [1.54, 1.807) is 6.21 Å². The van der Waals surface area contributed by atoms with Gasteiger partial charge in [-0.3, -0.25) is 5.43 Å². The number of rotatable bonds is 6. The maximum atomic E-state index is 5.93. The van der Waals surface area contributed by atoms with Gasteiger partial charge in [0.05, 0.1) is 11.9 Å². The molecule has 1 N–H and O–H groups in total. The molecule has 0 unspecified atom stereocenters. The van der Waals surface area contributed by atoms with Crippen molar-refractivity contribution in [2.75, 3.05) is 5.43 Å². The van der Waals surface area contributed by atoms with Gasteiger partial charge in [0.15, 0.2) is 0 Å². The molecule has 0 aliphatic heterocycles. The molecule has 3 nitrogen and oxygen atoms in total. The summed E-state index contributed by atoms with van der Waals surface area (Å²) in [4.78, 5) is 0. The molecule has 0 fully saturated rings. The molecular weight excluding hydrogens is 332 g/mol. The Hall–Kier alpha value is -2.78. The van der Waals surface area contributed by atoms with Gasteiger partial charge in [-0.1, -0.05) is 47.5 Å². The van der Waals surface area contributed by atoms with Crippen molar-refractivity contribution in [3.63, 3.8) is 0 Å². The highest BCUT2D eigenvalue weighted by molar-refractivity contribution is 6.30. The summed E-state index contributed by atoms with van der Waals surface area (Å²) < 4.78 is 5.80. The van der Waals surface area contributed by atoms with E-state index in [0.717, 1.165) is 22.6 Å². The Morgan fingerprint density at radius 3 is 2.48 bits per heavy atom. The molecular formula is C21H19ClN2O. The molecule has 0 aliphatic rings. The van der Waals surface area contributed by atoms with Crippen molar-refractivity contribution in [2.24, 2.45) is 5.10 Å². The van der Waals surface area contributed by atoms with Crippen LogP contribution in [0.15, 0.2) is 77.9 Å². The lowest BCUT2D eigenvalue weighted by Gasteiger charge is -2.07. The highest BCUT2D eigenvalue weighted by atomic mass is 35.5. The van der Waals surface area contributed by atoms with Crippen LogP contribution < -0.4 is 10.2 Å². The lowest BCUT2D eigenvalue weighted by atomic mass is 10.2. The van der Waals surface area contributed by atoms with Gasteiger partial charge in [0.2, 0.25) is 0 Å². The molecule has 0 amide bonds. The summed E-state index contributed by atoms with van der Waals surface area (Å²) in [6.07, 6.45) is 1.75. The molecule has 25 heavy (non-hydrogen) atoms. The molecule has 3 rings (SSSR count). The van der Waals surface area contributed by atoms with Crippen LogP contribution in [0.25, 0.3) is 0 Å². The number of halogens is 1. The minimum absolute atomic E-state index is 0.560. The molecule has 0 bridgehead atoms. The van der Waals surface area contributed by atoms with E-state index in [9.17, 15) is 0 Å². The van der Waals surface area contributed by atoms with Gasteiger partial charge < -0.3 is 4.74 Å². The maximum absolute atomic E-state index is 5.93. The SMILES string of the molecule is Cc1ccc(COc2ccc(/C=N\Nc3cccc(Cl)c3)cc2)cc1. The van der Waals surface area contributed by atoms with Crippen LogP contribution in [0.3, 0.4) is 0 Å². The second kappa shape index (κ2) is 8.36. The fourth-order valence-corrected chi connectivity index (χ4v) is 2.43. The molecule has 126 valence electrons. The molecule has 3 aromatic carbocycles. The zero-order valence-corrected chi connectivity index (χ0v) is 14.7. The summed E-state index contributed by atoms with van der Waals surface area (Å²) in [7, 11) is 0. The van der Waals surface area contributed by atoms with E-state index in [1.807, 2.05) is 48.5 Å². The average molecular weight is 351 g/mol. The van der Waals surface area contributed by atoms with Gasteiger partial charge in [0.25, 0.3) is 0 Å². The number of ether oxygens (including phenoxy) is 1. The summed E-state index contributed by atoms with van der Waals surface area (Å²) in [5.74, 6) is 0.834. The van der Waals surface area contributed by atoms with Gasteiger partial charge in [-0.15, -0.1) is 0 Å². The van der Waals surface area contributed by atoms with Crippen molar-refractivity contribution >= 4 is 23.5 Å². The Morgan fingerprint density at radius 2 is 1.76 bits per heavy atom. The molecule has 0 spiro atoms. The largest absolute Gasteiger partial charge is 0.489 e. The number of nitrogens with zero attached hydrogens (tertiary/aromatic N) is 1. The Kier molecular flexibility index (Phi) is 5.70. The number of nitrogens with one attached hydrogen (secondary N) is 1. The molecule has 0 aromatic heterocycles. The van der Waals surface area contributed by atoms with E-state index < -0.39 is 0 Å². The number of aryl methyl sites for hydroxylation is 1. The van der Waals surface area contributed by atoms with Crippen molar-refractivity contribution < 1.29 is 4.74 Å². The summed E-state index contributed by atoms with van der Waals surface area (Å²) in [5.41, 5.74) is 7.19. The van der Waals surface area contributed by atoms with Crippen LogP contribution in [0.5, 0.6) is 5.75 Å². The van der Waals surface area contributed by atoms with Gasteiger partial charge in [-0.25, -0.2) is 0 Å². The van der Waals surface area contributed by atoms with E-state index in [2.05, 4.69) is 41.7 Å². The summed E-state index contributed by atoms with van der Waals surface area (Å²) in [6, 6.07) is 23.6. The van der Waals surface area contributed by atoms with Crippen LogP contribution in [0, 0.1) is 6.92 Å². The van der Waals surface area contributed by atoms with Crippen LogP contribution in [-0.2, 0) is 6.61 Å². The Bertz CT molecular complexity index is 843. The Labute approximate surface area is 152 Å². The van der Waals surface area contributed by atoms with Gasteiger partial charge in [-0.05, 0) is 60.5 Å². The molecule has 0 aliphatic carbocycles. The van der Waals surface area contributed by atoms with Crippen LogP contribution in [-0.4, -0.2) is 6.21 Å². The van der Waals surface area contributed by atoms with Gasteiger partial charge in [-0.2, -0.15) is 5.10 Å². The number of hydrogen-bond donors (Lipinski definition) is 1. The fraction of sp³-hybridized carbons (Fsp3) is 0.0952. The topological polar surface area (TPSA) is 33.6 Å². The zero-order chi connectivity index (χ0) is 17.5. The highest BCUT2D eigenvalue weighted by Gasteiger charge is 1.97. The molecule has 0 heterocycles. The smallest absolute Gasteiger partial charge is 0.119 e. The Balaban J connectivity index is 1.53. The molecule has 0 saturated heterocycles. The minimum atomic E-state index is 0.560. The predicted octanol–water partition coefficient (Wildman–Crippen LogP) is 5.67. The van der Waals surface area contributed by atoms with E-state index in [4.69, 9.17) is 16.3 Å². The monoisotopic (exact) mass is 350 g/mol. The maximum Gasteiger partial charge on any atom is 0.119 e. The van der Waals surface area contributed by atoms with Crippen molar-refractivity contribution in [1.29, 1.82) is 0 Å². The fourth-order valence-electron chi connectivity index (χ4n) is 2.24. The number of benzene rings is 3. The van der Waals surface area contributed by atoms with E-state index in [0.29, 0.717) is 11.6 Å².